The molecule has 0 unspecified atom stereocenters. The van der Waals surface area contributed by atoms with Crippen molar-refractivity contribution >= 4 is 0 Å². The van der Waals surface area contributed by atoms with E-state index in [2.05, 4.69) is 32.7 Å². The summed E-state index contributed by atoms with van der Waals surface area (Å²) in [5, 5.41) is 0. The second-order valence-corrected chi connectivity index (χ2v) is 4.70. The van der Waals surface area contributed by atoms with Crippen LogP contribution in [-0.4, -0.2) is 24.5 Å². The summed E-state index contributed by atoms with van der Waals surface area (Å²) in [6, 6.07) is 0.706. The van der Waals surface area contributed by atoms with Crippen molar-refractivity contribution in [3.05, 3.63) is 0 Å². The van der Waals surface area contributed by atoms with E-state index in [-0.39, 0.29) is 0 Å². The van der Waals surface area contributed by atoms with Gasteiger partial charge in [-0.1, -0.05) is 19.8 Å². The Hall–Kier alpha value is -0.0400. The molecule has 1 rings (SSSR count). The van der Waals surface area contributed by atoms with E-state index in [1.807, 2.05) is 0 Å². The van der Waals surface area contributed by atoms with E-state index >= 15 is 0 Å². The van der Waals surface area contributed by atoms with Gasteiger partial charge < -0.3 is 4.90 Å². The Kier molecular flexibility index (Phi) is 3.57. The topological polar surface area (TPSA) is 3.24 Å². The van der Waals surface area contributed by atoms with Crippen LogP contribution in [0.4, 0.5) is 0 Å². The monoisotopic (exact) mass is 169 g/mol. The second-order valence-electron chi connectivity index (χ2n) is 4.70. The molecule has 1 saturated carbocycles. The lowest BCUT2D eigenvalue weighted by Gasteiger charge is -2.26. The van der Waals surface area contributed by atoms with Crippen LogP contribution in [-0.2, 0) is 0 Å². The normalized spacial score (nSPS) is 30.5. The Morgan fingerprint density at radius 2 is 2.00 bits per heavy atom. The van der Waals surface area contributed by atoms with Crippen LogP contribution >= 0.6 is 0 Å². The van der Waals surface area contributed by atoms with E-state index in [4.69, 9.17) is 0 Å². The third-order valence-electron chi connectivity index (χ3n) is 3.44. The predicted molar refractivity (Wildman–Crippen MR) is 54.3 cm³/mol. The van der Waals surface area contributed by atoms with Gasteiger partial charge in [0.1, 0.15) is 0 Å². The van der Waals surface area contributed by atoms with Gasteiger partial charge in [0.2, 0.25) is 0 Å². The lowest BCUT2D eigenvalue weighted by atomic mass is 9.97. The van der Waals surface area contributed by atoms with E-state index in [0.717, 1.165) is 11.8 Å². The largest absolute Gasteiger partial charge is 0.304 e. The van der Waals surface area contributed by atoms with Crippen molar-refractivity contribution in [2.45, 2.75) is 46.1 Å². The molecule has 1 fully saturated rings. The highest BCUT2D eigenvalue weighted by molar-refractivity contribution is 4.77. The number of rotatable bonds is 3. The van der Waals surface area contributed by atoms with Gasteiger partial charge in [0.25, 0.3) is 0 Å². The minimum absolute atomic E-state index is 0.706. The van der Waals surface area contributed by atoms with E-state index in [0.29, 0.717) is 6.04 Å². The summed E-state index contributed by atoms with van der Waals surface area (Å²) in [6.45, 7) is 8.27. The minimum Gasteiger partial charge on any atom is -0.304 e. The first kappa shape index (κ1) is 10.0. The summed E-state index contributed by atoms with van der Waals surface area (Å²) in [4.78, 5) is 2.48. The molecule has 0 aromatic carbocycles. The minimum atomic E-state index is 0.706. The maximum Gasteiger partial charge on any atom is 0.00356 e. The molecular weight excluding hydrogens is 146 g/mol. The van der Waals surface area contributed by atoms with E-state index < -0.39 is 0 Å². The summed E-state index contributed by atoms with van der Waals surface area (Å²) < 4.78 is 0. The predicted octanol–water partition coefficient (Wildman–Crippen LogP) is 2.76. The van der Waals surface area contributed by atoms with Gasteiger partial charge in [-0.2, -0.15) is 0 Å². The molecule has 0 amide bonds. The molecule has 1 aliphatic carbocycles. The maximum atomic E-state index is 2.48. The number of nitrogens with zero attached hydrogens (tertiary/aromatic N) is 1. The molecule has 0 saturated heterocycles. The van der Waals surface area contributed by atoms with E-state index in [1.165, 1.54) is 25.8 Å². The van der Waals surface area contributed by atoms with Gasteiger partial charge in [-0.25, -0.2) is 0 Å². The van der Waals surface area contributed by atoms with Crippen LogP contribution in [0, 0.1) is 11.8 Å². The molecular formula is C11H23N. The highest BCUT2D eigenvalue weighted by Gasteiger charge is 2.24. The smallest absolute Gasteiger partial charge is 0.00356 e. The van der Waals surface area contributed by atoms with Crippen molar-refractivity contribution in [2.75, 3.05) is 13.6 Å². The van der Waals surface area contributed by atoms with Crippen LogP contribution in [0.1, 0.15) is 40.0 Å². The SMILES string of the molecule is CC(C)N(C)C[C@@H]1CCC[C@H]1C. The third-order valence-corrected chi connectivity index (χ3v) is 3.44. The van der Waals surface area contributed by atoms with Crippen molar-refractivity contribution in [1.82, 2.24) is 4.90 Å². The van der Waals surface area contributed by atoms with E-state index in [1.54, 1.807) is 0 Å². The Balaban J connectivity index is 2.30. The molecule has 0 bridgehead atoms. The second kappa shape index (κ2) is 4.27. The Bertz CT molecular complexity index is 131. The number of hydrogen-bond acceptors (Lipinski definition) is 1. The molecule has 0 aliphatic heterocycles. The summed E-state index contributed by atoms with van der Waals surface area (Å²) >= 11 is 0. The Morgan fingerprint density at radius 1 is 1.33 bits per heavy atom. The molecule has 0 spiro atoms. The van der Waals surface area contributed by atoms with Gasteiger partial charge in [-0.05, 0) is 39.2 Å². The molecule has 0 aromatic rings. The van der Waals surface area contributed by atoms with E-state index in [9.17, 15) is 0 Å². The first-order valence-corrected chi connectivity index (χ1v) is 5.31. The first-order valence-electron chi connectivity index (χ1n) is 5.31. The van der Waals surface area contributed by atoms with Crippen LogP contribution in [0.15, 0.2) is 0 Å². The molecule has 0 aromatic heterocycles. The maximum absolute atomic E-state index is 2.48. The number of hydrogen-bond donors (Lipinski definition) is 0. The lowest BCUT2D eigenvalue weighted by molar-refractivity contribution is 0.210. The average molecular weight is 169 g/mol. The molecule has 1 nitrogen and oxygen atoms in total. The molecule has 12 heavy (non-hydrogen) atoms. The van der Waals surface area contributed by atoms with Crippen molar-refractivity contribution in [3.8, 4) is 0 Å². The van der Waals surface area contributed by atoms with Crippen LogP contribution < -0.4 is 0 Å². The summed E-state index contributed by atoms with van der Waals surface area (Å²) in [5.41, 5.74) is 0. The quantitative estimate of drug-likeness (QED) is 0.628. The fraction of sp³-hybridized carbons (Fsp3) is 1.00. The van der Waals surface area contributed by atoms with Crippen molar-refractivity contribution in [3.63, 3.8) is 0 Å². The standard InChI is InChI=1S/C11H23N/c1-9(2)12(4)8-11-7-5-6-10(11)3/h9-11H,5-8H2,1-4H3/t10-,11+/m1/s1. The molecule has 1 heteroatoms. The van der Waals surface area contributed by atoms with Gasteiger partial charge in [0.05, 0.1) is 0 Å². The van der Waals surface area contributed by atoms with Crippen LogP contribution in [0.3, 0.4) is 0 Å². The molecule has 2 atom stereocenters. The van der Waals surface area contributed by atoms with Gasteiger partial charge in [-0.3, -0.25) is 0 Å². The Labute approximate surface area is 77.1 Å². The van der Waals surface area contributed by atoms with Gasteiger partial charge in [0, 0.05) is 12.6 Å². The van der Waals surface area contributed by atoms with Crippen LogP contribution in [0.25, 0.3) is 0 Å². The zero-order chi connectivity index (χ0) is 9.14. The van der Waals surface area contributed by atoms with Crippen molar-refractivity contribution in [2.24, 2.45) is 11.8 Å². The van der Waals surface area contributed by atoms with Crippen LogP contribution in [0.2, 0.25) is 0 Å². The summed E-state index contributed by atoms with van der Waals surface area (Å²) in [5.74, 6) is 1.93. The fourth-order valence-electron chi connectivity index (χ4n) is 2.07. The zero-order valence-electron chi connectivity index (χ0n) is 9.01. The van der Waals surface area contributed by atoms with Gasteiger partial charge in [0.15, 0.2) is 0 Å². The summed E-state index contributed by atoms with van der Waals surface area (Å²) in [6.07, 6.45) is 4.37. The van der Waals surface area contributed by atoms with Gasteiger partial charge >= 0.3 is 0 Å². The van der Waals surface area contributed by atoms with Crippen molar-refractivity contribution < 1.29 is 0 Å². The summed E-state index contributed by atoms with van der Waals surface area (Å²) in [7, 11) is 2.25. The van der Waals surface area contributed by atoms with Crippen LogP contribution in [0.5, 0.6) is 0 Å². The average Bonchev–Trinajstić information content (AvgIpc) is 2.36. The van der Waals surface area contributed by atoms with Crippen molar-refractivity contribution in [1.29, 1.82) is 0 Å². The highest BCUT2D eigenvalue weighted by Crippen LogP contribution is 2.31. The zero-order valence-corrected chi connectivity index (χ0v) is 9.01. The lowest BCUT2D eigenvalue weighted by Crippen LogP contribution is -2.32. The molecule has 0 N–H and O–H groups in total. The molecule has 1 aliphatic rings. The molecule has 72 valence electrons. The molecule has 0 radical (unpaired) electrons. The molecule has 0 heterocycles. The highest BCUT2D eigenvalue weighted by atomic mass is 15.1. The Morgan fingerprint density at radius 3 is 2.42 bits per heavy atom. The first-order chi connectivity index (χ1) is 5.61. The fourth-order valence-corrected chi connectivity index (χ4v) is 2.07. The van der Waals surface area contributed by atoms with Gasteiger partial charge in [-0.15, -0.1) is 0 Å². The third kappa shape index (κ3) is 2.48.